The summed E-state index contributed by atoms with van der Waals surface area (Å²) in [5.74, 6) is 1.05. The van der Waals surface area contributed by atoms with E-state index in [2.05, 4.69) is 33.9 Å². The van der Waals surface area contributed by atoms with Gasteiger partial charge in [-0.05, 0) is 29.7 Å². The van der Waals surface area contributed by atoms with Crippen LogP contribution in [0.4, 0.5) is 5.82 Å². The van der Waals surface area contributed by atoms with E-state index >= 15 is 0 Å². The standard InChI is InChI=1S/C14H18N4/c1-18-14(5-7-17-18)16-9-11-2-3-12-4-6-15-10-13(12)8-11/h2-3,5,7-8,15-16H,4,6,9-10H2,1H3. The number of nitrogens with zero attached hydrogens (tertiary/aromatic N) is 2. The van der Waals surface area contributed by atoms with Crippen molar-refractivity contribution in [2.24, 2.45) is 7.05 Å². The maximum atomic E-state index is 4.14. The van der Waals surface area contributed by atoms with Crippen molar-refractivity contribution in [3.63, 3.8) is 0 Å². The Balaban J connectivity index is 1.71. The van der Waals surface area contributed by atoms with Gasteiger partial charge < -0.3 is 10.6 Å². The molecular weight excluding hydrogens is 224 g/mol. The van der Waals surface area contributed by atoms with Gasteiger partial charge in [-0.3, -0.25) is 4.68 Å². The van der Waals surface area contributed by atoms with Crippen LogP contribution >= 0.6 is 0 Å². The summed E-state index contributed by atoms with van der Waals surface area (Å²) >= 11 is 0. The van der Waals surface area contributed by atoms with E-state index in [1.807, 2.05) is 17.8 Å². The Morgan fingerprint density at radius 2 is 2.28 bits per heavy atom. The first-order chi connectivity index (χ1) is 8.83. The van der Waals surface area contributed by atoms with Crippen molar-refractivity contribution in [3.05, 3.63) is 47.2 Å². The molecule has 4 nitrogen and oxygen atoms in total. The number of aryl methyl sites for hydroxylation is 1. The number of aromatic nitrogens is 2. The second-order valence-corrected chi connectivity index (χ2v) is 4.72. The molecule has 94 valence electrons. The fourth-order valence-corrected chi connectivity index (χ4v) is 2.38. The van der Waals surface area contributed by atoms with Crippen LogP contribution in [0.1, 0.15) is 16.7 Å². The van der Waals surface area contributed by atoms with Crippen molar-refractivity contribution in [2.75, 3.05) is 11.9 Å². The fraction of sp³-hybridized carbons (Fsp3) is 0.357. The molecule has 2 aromatic rings. The first-order valence-electron chi connectivity index (χ1n) is 6.36. The van der Waals surface area contributed by atoms with E-state index in [4.69, 9.17) is 0 Å². The molecule has 18 heavy (non-hydrogen) atoms. The second kappa shape index (κ2) is 4.82. The third-order valence-corrected chi connectivity index (χ3v) is 3.45. The zero-order valence-electron chi connectivity index (χ0n) is 10.6. The van der Waals surface area contributed by atoms with Crippen LogP contribution in [0.2, 0.25) is 0 Å². The van der Waals surface area contributed by atoms with E-state index in [1.165, 1.54) is 16.7 Å². The van der Waals surface area contributed by atoms with Crippen molar-refractivity contribution in [2.45, 2.75) is 19.5 Å². The Hall–Kier alpha value is -1.81. The van der Waals surface area contributed by atoms with E-state index in [0.717, 1.165) is 31.9 Å². The van der Waals surface area contributed by atoms with E-state index in [-0.39, 0.29) is 0 Å². The highest BCUT2D eigenvalue weighted by atomic mass is 15.3. The Morgan fingerprint density at radius 3 is 3.11 bits per heavy atom. The second-order valence-electron chi connectivity index (χ2n) is 4.72. The van der Waals surface area contributed by atoms with Gasteiger partial charge in [-0.15, -0.1) is 0 Å². The van der Waals surface area contributed by atoms with Crippen LogP contribution < -0.4 is 10.6 Å². The van der Waals surface area contributed by atoms with E-state index in [1.54, 1.807) is 6.20 Å². The van der Waals surface area contributed by atoms with Crippen LogP contribution in [0.5, 0.6) is 0 Å². The normalized spacial score (nSPS) is 14.3. The SMILES string of the molecule is Cn1nccc1NCc1ccc2c(c1)CNCC2. The molecule has 0 spiro atoms. The zero-order valence-corrected chi connectivity index (χ0v) is 10.6. The van der Waals surface area contributed by atoms with Gasteiger partial charge in [-0.25, -0.2) is 0 Å². The lowest BCUT2D eigenvalue weighted by Crippen LogP contribution is -2.23. The number of hydrogen-bond donors (Lipinski definition) is 2. The van der Waals surface area contributed by atoms with Crippen LogP contribution in [0.3, 0.4) is 0 Å². The minimum Gasteiger partial charge on any atom is -0.366 e. The van der Waals surface area contributed by atoms with Gasteiger partial charge in [-0.1, -0.05) is 18.2 Å². The maximum Gasteiger partial charge on any atom is 0.124 e. The van der Waals surface area contributed by atoms with Crippen molar-refractivity contribution >= 4 is 5.82 Å². The summed E-state index contributed by atoms with van der Waals surface area (Å²) in [5, 5.41) is 11.0. The molecule has 0 unspecified atom stereocenters. The van der Waals surface area contributed by atoms with Gasteiger partial charge in [0, 0.05) is 26.2 Å². The summed E-state index contributed by atoms with van der Waals surface area (Å²) in [6, 6.07) is 8.76. The summed E-state index contributed by atoms with van der Waals surface area (Å²) in [6.45, 7) is 2.93. The van der Waals surface area contributed by atoms with Crippen molar-refractivity contribution in [1.29, 1.82) is 0 Å². The topological polar surface area (TPSA) is 41.9 Å². The third kappa shape index (κ3) is 2.24. The highest BCUT2D eigenvalue weighted by Crippen LogP contribution is 2.16. The molecule has 3 rings (SSSR count). The summed E-state index contributed by atoms with van der Waals surface area (Å²) in [4.78, 5) is 0. The summed E-state index contributed by atoms with van der Waals surface area (Å²) in [6.07, 6.45) is 2.95. The number of anilines is 1. The van der Waals surface area contributed by atoms with Crippen molar-refractivity contribution in [3.8, 4) is 0 Å². The molecular formula is C14H18N4. The molecule has 0 atom stereocenters. The van der Waals surface area contributed by atoms with Gasteiger partial charge >= 0.3 is 0 Å². The third-order valence-electron chi connectivity index (χ3n) is 3.45. The minimum atomic E-state index is 0.840. The fourth-order valence-electron chi connectivity index (χ4n) is 2.38. The first-order valence-corrected chi connectivity index (χ1v) is 6.36. The van der Waals surface area contributed by atoms with Crippen LogP contribution in [0.15, 0.2) is 30.5 Å². The summed E-state index contributed by atoms with van der Waals surface area (Å²) in [5.41, 5.74) is 4.24. The number of fused-ring (bicyclic) bond motifs is 1. The molecule has 0 bridgehead atoms. The van der Waals surface area contributed by atoms with E-state index in [0.29, 0.717) is 0 Å². The minimum absolute atomic E-state index is 0.840. The number of rotatable bonds is 3. The van der Waals surface area contributed by atoms with Crippen molar-refractivity contribution in [1.82, 2.24) is 15.1 Å². The molecule has 0 aliphatic carbocycles. The smallest absolute Gasteiger partial charge is 0.124 e. The van der Waals surface area contributed by atoms with E-state index in [9.17, 15) is 0 Å². The Morgan fingerprint density at radius 1 is 1.33 bits per heavy atom. The quantitative estimate of drug-likeness (QED) is 0.860. The maximum absolute atomic E-state index is 4.14. The van der Waals surface area contributed by atoms with Crippen LogP contribution in [0, 0.1) is 0 Å². The first kappa shape index (κ1) is 11.3. The van der Waals surface area contributed by atoms with Gasteiger partial charge in [0.05, 0.1) is 6.20 Å². The highest BCUT2D eigenvalue weighted by Gasteiger charge is 2.08. The van der Waals surface area contributed by atoms with Gasteiger partial charge in [0.1, 0.15) is 5.82 Å². The van der Waals surface area contributed by atoms with Crippen LogP contribution in [-0.4, -0.2) is 16.3 Å². The summed E-state index contributed by atoms with van der Waals surface area (Å²) in [7, 11) is 1.94. The molecule has 0 fully saturated rings. The Bertz CT molecular complexity index is 544. The van der Waals surface area contributed by atoms with Gasteiger partial charge in [0.15, 0.2) is 0 Å². The lowest BCUT2D eigenvalue weighted by atomic mass is 9.98. The summed E-state index contributed by atoms with van der Waals surface area (Å²) < 4.78 is 1.85. The van der Waals surface area contributed by atoms with Crippen LogP contribution in [-0.2, 0) is 26.6 Å². The zero-order chi connectivity index (χ0) is 12.4. The Labute approximate surface area is 107 Å². The lowest BCUT2D eigenvalue weighted by Gasteiger charge is -2.18. The molecule has 1 aromatic carbocycles. The molecule has 0 saturated carbocycles. The molecule has 0 radical (unpaired) electrons. The molecule has 0 saturated heterocycles. The molecule has 1 aliphatic rings. The lowest BCUT2D eigenvalue weighted by molar-refractivity contribution is 0.643. The van der Waals surface area contributed by atoms with Gasteiger partial charge in [-0.2, -0.15) is 5.10 Å². The average molecular weight is 242 g/mol. The van der Waals surface area contributed by atoms with Gasteiger partial charge in [0.2, 0.25) is 0 Å². The molecule has 1 aliphatic heterocycles. The monoisotopic (exact) mass is 242 g/mol. The van der Waals surface area contributed by atoms with Crippen molar-refractivity contribution < 1.29 is 0 Å². The molecule has 1 aromatic heterocycles. The predicted molar refractivity (Wildman–Crippen MR) is 72.4 cm³/mol. The number of nitrogens with one attached hydrogen (secondary N) is 2. The molecule has 2 N–H and O–H groups in total. The number of benzene rings is 1. The van der Waals surface area contributed by atoms with E-state index < -0.39 is 0 Å². The predicted octanol–water partition coefficient (Wildman–Crippen LogP) is 1.68. The van der Waals surface area contributed by atoms with Gasteiger partial charge in [0.25, 0.3) is 0 Å². The molecule has 2 heterocycles. The largest absolute Gasteiger partial charge is 0.366 e. The Kier molecular flexibility index (Phi) is 3.02. The molecule has 4 heteroatoms. The highest BCUT2D eigenvalue weighted by molar-refractivity contribution is 5.38. The molecule has 0 amide bonds. The van der Waals surface area contributed by atoms with Crippen LogP contribution in [0.25, 0.3) is 0 Å². The number of hydrogen-bond acceptors (Lipinski definition) is 3. The average Bonchev–Trinajstić information content (AvgIpc) is 2.82.